The standard InChI is InChI=1S/C18H24N4O2/c1-13(11-22-9-5-8-20-22)10-19-18(23)21-14(2)16-12-24-17-7-4-3-6-15(16)17/h3-9,13-14,16H,10-12H2,1-2H3,(H2,19,21,23)/t13-,14-,16+/m1/s1. The average Bonchev–Trinajstić information content (AvgIpc) is 3.22. The first-order valence-corrected chi connectivity index (χ1v) is 8.37. The van der Waals surface area contributed by atoms with E-state index < -0.39 is 0 Å². The van der Waals surface area contributed by atoms with Gasteiger partial charge < -0.3 is 15.4 Å². The fourth-order valence-corrected chi connectivity index (χ4v) is 3.02. The summed E-state index contributed by atoms with van der Waals surface area (Å²) in [6, 6.07) is 9.77. The molecule has 0 aliphatic carbocycles. The number of aromatic nitrogens is 2. The number of ether oxygens (including phenoxy) is 1. The summed E-state index contributed by atoms with van der Waals surface area (Å²) in [6.45, 7) is 6.11. The minimum absolute atomic E-state index is 0.00933. The van der Waals surface area contributed by atoms with Crippen molar-refractivity contribution in [2.45, 2.75) is 32.4 Å². The molecule has 1 aliphatic heterocycles. The quantitative estimate of drug-likeness (QED) is 0.855. The zero-order valence-corrected chi connectivity index (χ0v) is 14.1. The lowest BCUT2D eigenvalue weighted by Crippen LogP contribution is -2.45. The second-order valence-electron chi connectivity index (χ2n) is 6.43. The van der Waals surface area contributed by atoms with Gasteiger partial charge in [0, 0.05) is 43.0 Å². The van der Waals surface area contributed by atoms with Crippen LogP contribution in [-0.2, 0) is 6.54 Å². The Morgan fingerprint density at radius 1 is 1.38 bits per heavy atom. The van der Waals surface area contributed by atoms with Crippen molar-refractivity contribution >= 4 is 6.03 Å². The first-order valence-electron chi connectivity index (χ1n) is 8.37. The van der Waals surface area contributed by atoms with Crippen molar-refractivity contribution < 1.29 is 9.53 Å². The Kier molecular flexibility index (Phi) is 5.03. The summed E-state index contributed by atoms with van der Waals surface area (Å²) in [5.74, 6) is 1.42. The number of hydrogen-bond acceptors (Lipinski definition) is 3. The van der Waals surface area contributed by atoms with Crippen LogP contribution in [0.4, 0.5) is 4.79 Å². The molecule has 3 atom stereocenters. The van der Waals surface area contributed by atoms with Gasteiger partial charge in [0.05, 0.1) is 6.61 Å². The van der Waals surface area contributed by atoms with Crippen molar-refractivity contribution in [2.24, 2.45) is 5.92 Å². The number of carbonyl (C=O) groups excluding carboxylic acids is 1. The number of rotatable bonds is 6. The van der Waals surface area contributed by atoms with Crippen LogP contribution in [0.3, 0.4) is 0 Å². The van der Waals surface area contributed by atoms with Crippen molar-refractivity contribution in [3.63, 3.8) is 0 Å². The van der Waals surface area contributed by atoms with Crippen molar-refractivity contribution in [1.82, 2.24) is 20.4 Å². The molecule has 6 nitrogen and oxygen atoms in total. The molecule has 1 aromatic carbocycles. The fourth-order valence-electron chi connectivity index (χ4n) is 3.02. The maximum absolute atomic E-state index is 12.1. The number of nitrogens with zero attached hydrogens (tertiary/aromatic N) is 2. The van der Waals surface area contributed by atoms with Crippen LogP contribution in [0, 0.1) is 5.92 Å². The lowest BCUT2D eigenvalue weighted by atomic mass is 9.94. The molecule has 0 saturated carbocycles. The van der Waals surface area contributed by atoms with Crippen LogP contribution in [0.5, 0.6) is 5.75 Å². The van der Waals surface area contributed by atoms with Crippen LogP contribution in [0.15, 0.2) is 42.7 Å². The topological polar surface area (TPSA) is 68.2 Å². The van der Waals surface area contributed by atoms with Gasteiger partial charge in [-0.15, -0.1) is 0 Å². The lowest BCUT2D eigenvalue weighted by molar-refractivity contribution is 0.230. The first-order chi connectivity index (χ1) is 11.6. The third kappa shape index (κ3) is 3.88. The molecule has 2 heterocycles. The highest BCUT2D eigenvalue weighted by molar-refractivity contribution is 5.74. The summed E-state index contributed by atoms with van der Waals surface area (Å²) in [4.78, 5) is 12.1. The second kappa shape index (κ2) is 7.38. The summed E-state index contributed by atoms with van der Waals surface area (Å²) in [7, 11) is 0. The molecule has 0 unspecified atom stereocenters. The van der Waals surface area contributed by atoms with E-state index in [1.165, 1.54) is 0 Å². The van der Waals surface area contributed by atoms with Crippen molar-refractivity contribution in [3.8, 4) is 5.75 Å². The van der Waals surface area contributed by atoms with Crippen LogP contribution in [0.1, 0.15) is 25.3 Å². The fraction of sp³-hybridized carbons (Fsp3) is 0.444. The summed E-state index contributed by atoms with van der Waals surface area (Å²) in [5, 5.41) is 10.1. The number of urea groups is 1. The smallest absolute Gasteiger partial charge is 0.315 e. The van der Waals surface area contributed by atoms with Gasteiger partial charge in [0.25, 0.3) is 0 Å². The van der Waals surface area contributed by atoms with E-state index in [-0.39, 0.29) is 18.0 Å². The third-order valence-corrected chi connectivity index (χ3v) is 4.37. The normalized spacial score (nSPS) is 18.3. The minimum Gasteiger partial charge on any atom is -0.493 e. The van der Waals surface area contributed by atoms with E-state index in [0.717, 1.165) is 17.9 Å². The van der Waals surface area contributed by atoms with Crippen molar-refractivity contribution in [3.05, 3.63) is 48.3 Å². The Hall–Kier alpha value is -2.50. The van der Waals surface area contributed by atoms with Gasteiger partial charge in [0.1, 0.15) is 5.75 Å². The molecule has 3 rings (SSSR count). The number of para-hydroxylation sites is 1. The molecular weight excluding hydrogens is 304 g/mol. The van der Waals surface area contributed by atoms with Gasteiger partial charge in [0.2, 0.25) is 0 Å². The van der Waals surface area contributed by atoms with E-state index >= 15 is 0 Å². The van der Waals surface area contributed by atoms with Crippen LogP contribution in [0.2, 0.25) is 0 Å². The van der Waals surface area contributed by atoms with Crippen LogP contribution < -0.4 is 15.4 Å². The second-order valence-corrected chi connectivity index (χ2v) is 6.43. The summed E-state index contributed by atoms with van der Waals surface area (Å²) < 4.78 is 7.56. The zero-order chi connectivity index (χ0) is 16.9. The Bertz CT molecular complexity index is 671. The molecular formula is C18H24N4O2. The van der Waals surface area contributed by atoms with Gasteiger partial charge in [-0.2, -0.15) is 5.10 Å². The molecule has 1 aromatic heterocycles. The number of hydrogen-bond donors (Lipinski definition) is 2. The molecule has 128 valence electrons. The van der Waals surface area contributed by atoms with Gasteiger partial charge in [-0.3, -0.25) is 4.68 Å². The largest absolute Gasteiger partial charge is 0.493 e. The molecule has 24 heavy (non-hydrogen) atoms. The van der Waals surface area contributed by atoms with Gasteiger partial charge >= 0.3 is 6.03 Å². The van der Waals surface area contributed by atoms with E-state index in [4.69, 9.17) is 4.74 Å². The third-order valence-electron chi connectivity index (χ3n) is 4.37. The molecule has 0 fully saturated rings. The van der Waals surface area contributed by atoms with Gasteiger partial charge in [0.15, 0.2) is 0 Å². The molecule has 0 radical (unpaired) electrons. The SMILES string of the molecule is C[C@H](CNC(=O)N[C@H](C)[C@@H]1COc2ccccc21)Cn1cccn1. The predicted octanol–water partition coefficient (Wildman–Crippen LogP) is 2.38. The molecule has 2 N–H and O–H groups in total. The molecule has 6 heteroatoms. The highest BCUT2D eigenvalue weighted by atomic mass is 16.5. The Balaban J connectivity index is 1.45. The highest BCUT2D eigenvalue weighted by Gasteiger charge is 2.29. The maximum Gasteiger partial charge on any atom is 0.315 e. The molecule has 0 bridgehead atoms. The number of amides is 2. The summed E-state index contributed by atoms with van der Waals surface area (Å²) in [5.41, 5.74) is 1.16. The number of nitrogens with one attached hydrogen (secondary N) is 2. The highest BCUT2D eigenvalue weighted by Crippen LogP contribution is 2.35. The number of carbonyl (C=O) groups is 1. The van der Waals surface area contributed by atoms with E-state index in [9.17, 15) is 4.79 Å². The van der Waals surface area contributed by atoms with Gasteiger partial charge in [-0.25, -0.2) is 4.79 Å². The molecule has 2 amide bonds. The Labute approximate surface area is 142 Å². The lowest BCUT2D eigenvalue weighted by Gasteiger charge is -2.21. The van der Waals surface area contributed by atoms with E-state index in [1.807, 2.05) is 42.1 Å². The molecule has 2 aromatic rings. The molecule has 0 spiro atoms. The number of fused-ring (bicyclic) bond motifs is 1. The summed E-state index contributed by atoms with van der Waals surface area (Å²) in [6.07, 6.45) is 3.69. The average molecular weight is 328 g/mol. The van der Waals surface area contributed by atoms with E-state index in [0.29, 0.717) is 19.1 Å². The minimum atomic E-state index is -0.140. The van der Waals surface area contributed by atoms with Crippen molar-refractivity contribution in [1.29, 1.82) is 0 Å². The van der Waals surface area contributed by atoms with Gasteiger partial charge in [-0.05, 0) is 25.0 Å². The number of benzene rings is 1. The zero-order valence-electron chi connectivity index (χ0n) is 14.1. The van der Waals surface area contributed by atoms with Crippen molar-refractivity contribution in [2.75, 3.05) is 13.2 Å². The first kappa shape index (κ1) is 16.4. The van der Waals surface area contributed by atoms with E-state index in [1.54, 1.807) is 6.20 Å². The van der Waals surface area contributed by atoms with E-state index in [2.05, 4.69) is 28.7 Å². The maximum atomic E-state index is 12.1. The van der Waals surface area contributed by atoms with Crippen LogP contribution in [-0.4, -0.2) is 35.0 Å². The predicted molar refractivity (Wildman–Crippen MR) is 92.1 cm³/mol. The van der Waals surface area contributed by atoms with Crippen LogP contribution in [0.25, 0.3) is 0 Å². The molecule has 0 saturated heterocycles. The Morgan fingerprint density at radius 2 is 2.21 bits per heavy atom. The Morgan fingerprint density at radius 3 is 3.00 bits per heavy atom. The monoisotopic (exact) mass is 328 g/mol. The van der Waals surface area contributed by atoms with Crippen LogP contribution >= 0.6 is 0 Å². The summed E-state index contributed by atoms with van der Waals surface area (Å²) >= 11 is 0. The molecule has 1 aliphatic rings. The van der Waals surface area contributed by atoms with Gasteiger partial charge in [-0.1, -0.05) is 25.1 Å².